The zero-order valence-corrected chi connectivity index (χ0v) is 14.7. The number of ether oxygens (including phenoxy) is 1. The second kappa shape index (κ2) is 7.01. The molecule has 0 saturated heterocycles. The molecule has 3 rings (SSSR count). The van der Waals surface area contributed by atoms with Crippen molar-refractivity contribution < 1.29 is 14.3 Å². The molecule has 4 nitrogen and oxygen atoms in total. The van der Waals surface area contributed by atoms with Gasteiger partial charge < -0.3 is 9.64 Å². The van der Waals surface area contributed by atoms with E-state index in [1.165, 1.54) is 6.08 Å². The summed E-state index contributed by atoms with van der Waals surface area (Å²) in [5.74, 6) is -0.706. The summed E-state index contributed by atoms with van der Waals surface area (Å²) in [7, 11) is 0. The maximum atomic E-state index is 12.9. The van der Waals surface area contributed by atoms with Crippen LogP contribution in [0.25, 0.3) is 5.57 Å². The van der Waals surface area contributed by atoms with Gasteiger partial charge in [-0.3, -0.25) is 4.79 Å². The van der Waals surface area contributed by atoms with E-state index >= 15 is 0 Å². The van der Waals surface area contributed by atoms with Gasteiger partial charge in [0.2, 0.25) is 0 Å². The van der Waals surface area contributed by atoms with Crippen LogP contribution >= 0.6 is 15.9 Å². The highest BCUT2D eigenvalue weighted by Crippen LogP contribution is 2.42. The number of para-hydroxylation sites is 1. The number of carbonyl (C=O) groups is 2. The average molecular weight is 386 g/mol. The molecule has 0 bridgehead atoms. The Kier molecular flexibility index (Phi) is 4.81. The maximum absolute atomic E-state index is 12.9. The van der Waals surface area contributed by atoms with Crippen LogP contribution in [0.5, 0.6) is 0 Å². The highest BCUT2D eigenvalue weighted by molar-refractivity contribution is 9.10. The Morgan fingerprint density at radius 2 is 1.92 bits per heavy atom. The highest BCUT2D eigenvalue weighted by atomic mass is 79.9. The van der Waals surface area contributed by atoms with E-state index in [9.17, 15) is 9.59 Å². The van der Waals surface area contributed by atoms with Crippen molar-refractivity contribution in [2.75, 3.05) is 11.5 Å². The van der Waals surface area contributed by atoms with Crippen molar-refractivity contribution in [2.45, 2.75) is 13.5 Å². The predicted octanol–water partition coefficient (Wildman–Crippen LogP) is 3.94. The molecule has 0 aliphatic carbocycles. The van der Waals surface area contributed by atoms with Crippen LogP contribution in [0.2, 0.25) is 0 Å². The van der Waals surface area contributed by atoms with Gasteiger partial charge in [0.05, 0.1) is 24.4 Å². The van der Waals surface area contributed by atoms with Crippen molar-refractivity contribution in [1.29, 1.82) is 0 Å². The molecule has 1 amide bonds. The third-order valence-electron chi connectivity index (χ3n) is 3.75. The molecular weight excluding hydrogens is 370 g/mol. The molecule has 1 aliphatic heterocycles. The predicted molar refractivity (Wildman–Crippen MR) is 96.4 cm³/mol. The first-order valence-corrected chi connectivity index (χ1v) is 8.44. The van der Waals surface area contributed by atoms with Gasteiger partial charge in [0, 0.05) is 16.1 Å². The zero-order chi connectivity index (χ0) is 17.1. The summed E-state index contributed by atoms with van der Waals surface area (Å²) in [5.41, 5.74) is 2.89. The first kappa shape index (κ1) is 16.5. The van der Waals surface area contributed by atoms with Crippen molar-refractivity contribution in [1.82, 2.24) is 0 Å². The Bertz CT molecular complexity index is 815. The quantitative estimate of drug-likeness (QED) is 0.591. The number of hydrogen-bond donors (Lipinski definition) is 0. The minimum absolute atomic E-state index is 0.200. The molecule has 0 radical (unpaired) electrons. The van der Waals surface area contributed by atoms with E-state index in [2.05, 4.69) is 15.9 Å². The van der Waals surface area contributed by atoms with Crippen LogP contribution in [0.15, 0.2) is 59.1 Å². The minimum Gasteiger partial charge on any atom is -0.463 e. The summed E-state index contributed by atoms with van der Waals surface area (Å²) in [4.78, 5) is 26.4. The van der Waals surface area contributed by atoms with E-state index < -0.39 is 5.97 Å². The smallest absolute Gasteiger partial charge is 0.331 e. The molecule has 122 valence electrons. The number of benzene rings is 2. The Morgan fingerprint density at radius 1 is 1.17 bits per heavy atom. The standard InChI is InChI=1S/C19H16BrNO3/c1-2-24-17(22)11-15-14-9-6-10-16(20)18(14)21(19(15)23)12-13-7-4-3-5-8-13/h3-11H,2,12H2,1H3/b15-11+. The molecule has 2 aromatic carbocycles. The van der Waals surface area contributed by atoms with E-state index in [0.29, 0.717) is 12.1 Å². The number of halogens is 1. The lowest BCUT2D eigenvalue weighted by atomic mass is 10.1. The van der Waals surface area contributed by atoms with Gasteiger partial charge in [0.1, 0.15) is 0 Å². The van der Waals surface area contributed by atoms with Crippen LogP contribution in [-0.4, -0.2) is 18.5 Å². The number of nitrogens with zero attached hydrogens (tertiary/aromatic N) is 1. The van der Waals surface area contributed by atoms with Gasteiger partial charge >= 0.3 is 5.97 Å². The maximum Gasteiger partial charge on any atom is 0.331 e. The first-order chi connectivity index (χ1) is 11.6. The van der Waals surface area contributed by atoms with Gasteiger partial charge in [-0.25, -0.2) is 4.79 Å². The van der Waals surface area contributed by atoms with Crippen molar-refractivity contribution in [3.63, 3.8) is 0 Å². The second-order valence-electron chi connectivity index (χ2n) is 5.32. The monoisotopic (exact) mass is 385 g/mol. The Morgan fingerprint density at radius 3 is 2.62 bits per heavy atom. The molecule has 1 heterocycles. The Hall–Kier alpha value is -2.40. The van der Waals surface area contributed by atoms with Crippen molar-refractivity contribution in [3.8, 4) is 0 Å². The third kappa shape index (κ3) is 3.12. The summed E-state index contributed by atoms with van der Waals surface area (Å²) in [6, 6.07) is 15.3. The van der Waals surface area contributed by atoms with E-state index in [1.807, 2.05) is 48.5 Å². The van der Waals surface area contributed by atoms with Crippen LogP contribution < -0.4 is 4.90 Å². The summed E-state index contributed by atoms with van der Waals surface area (Å²) in [6.45, 7) is 2.45. The van der Waals surface area contributed by atoms with Crippen LogP contribution in [-0.2, 0) is 20.9 Å². The van der Waals surface area contributed by atoms with Gasteiger partial charge in [0.25, 0.3) is 5.91 Å². The lowest BCUT2D eigenvalue weighted by molar-refractivity contribution is -0.137. The first-order valence-electron chi connectivity index (χ1n) is 7.65. The molecule has 0 unspecified atom stereocenters. The third-order valence-corrected chi connectivity index (χ3v) is 4.39. The fourth-order valence-corrected chi connectivity index (χ4v) is 3.31. The molecule has 0 aromatic heterocycles. The fourth-order valence-electron chi connectivity index (χ4n) is 2.73. The van der Waals surface area contributed by atoms with E-state index in [1.54, 1.807) is 11.8 Å². The molecule has 1 aliphatic rings. The molecule has 0 spiro atoms. The normalized spacial score (nSPS) is 14.8. The lowest BCUT2D eigenvalue weighted by Gasteiger charge is -2.18. The van der Waals surface area contributed by atoms with Gasteiger partial charge in [-0.05, 0) is 34.5 Å². The number of esters is 1. The molecule has 0 N–H and O–H groups in total. The molecule has 24 heavy (non-hydrogen) atoms. The van der Waals surface area contributed by atoms with Crippen LogP contribution in [0.1, 0.15) is 18.1 Å². The van der Waals surface area contributed by atoms with Crippen molar-refractivity contribution >= 4 is 39.1 Å². The molecule has 0 fully saturated rings. The van der Waals surface area contributed by atoms with Crippen molar-refractivity contribution in [2.24, 2.45) is 0 Å². The number of anilines is 1. The van der Waals surface area contributed by atoms with E-state index in [0.717, 1.165) is 21.3 Å². The molecule has 5 heteroatoms. The summed E-state index contributed by atoms with van der Waals surface area (Å²) >= 11 is 3.52. The second-order valence-corrected chi connectivity index (χ2v) is 6.18. The Labute approximate surface area is 148 Å². The van der Waals surface area contributed by atoms with E-state index in [4.69, 9.17) is 4.74 Å². The van der Waals surface area contributed by atoms with Gasteiger partial charge in [-0.1, -0.05) is 42.5 Å². The van der Waals surface area contributed by atoms with Crippen molar-refractivity contribution in [3.05, 3.63) is 70.2 Å². The van der Waals surface area contributed by atoms with Gasteiger partial charge in [-0.15, -0.1) is 0 Å². The molecule has 0 saturated carbocycles. The van der Waals surface area contributed by atoms with E-state index in [-0.39, 0.29) is 12.5 Å². The number of rotatable bonds is 4. The number of hydrogen-bond acceptors (Lipinski definition) is 3. The lowest BCUT2D eigenvalue weighted by Crippen LogP contribution is -2.26. The topological polar surface area (TPSA) is 46.6 Å². The van der Waals surface area contributed by atoms with Crippen LogP contribution in [0.3, 0.4) is 0 Å². The summed E-state index contributed by atoms with van der Waals surface area (Å²) < 4.78 is 5.77. The number of amides is 1. The SMILES string of the molecule is CCOC(=O)/C=C1/C(=O)N(Cc2ccccc2)c2c(Br)cccc21. The molecular formula is C19H16BrNO3. The average Bonchev–Trinajstić information content (AvgIpc) is 2.83. The summed E-state index contributed by atoms with van der Waals surface area (Å²) in [6.07, 6.45) is 1.28. The molecule has 0 atom stereocenters. The zero-order valence-electron chi connectivity index (χ0n) is 13.2. The number of carbonyl (C=O) groups excluding carboxylic acids is 2. The van der Waals surface area contributed by atoms with Crippen LogP contribution in [0, 0.1) is 0 Å². The summed E-state index contributed by atoms with van der Waals surface area (Å²) in [5, 5.41) is 0. The Balaban J connectivity index is 2.03. The molecule has 2 aromatic rings. The number of fused-ring (bicyclic) bond motifs is 1. The fraction of sp³-hybridized carbons (Fsp3) is 0.158. The van der Waals surface area contributed by atoms with Gasteiger partial charge in [0.15, 0.2) is 0 Å². The van der Waals surface area contributed by atoms with Gasteiger partial charge in [-0.2, -0.15) is 0 Å². The highest BCUT2D eigenvalue weighted by Gasteiger charge is 2.34. The minimum atomic E-state index is -0.506. The largest absolute Gasteiger partial charge is 0.463 e. The van der Waals surface area contributed by atoms with Crippen LogP contribution in [0.4, 0.5) is 5.69 Å².